The zero-order valence-corrected chi connectivity index (χ0v) is 15.4. The number of fused-ring (bicyclic) bond motifs is 1. The highest BCUT2D eigenvalue weighted by molar-refractivity contribution is 7.89. The van der Waals surface area contributed by atoms with Gasteiger partial charge in [-0.3, -0.25) is 4.98 Å². The Balaban J connectivity index is 0.00000208. The van der Waals surface area contributed by atoms with Crippen LogP contribution in [0.1, 0.15) is 19.3 Å². The fourth-order valence-corrected chi connectivity index (χ4v) is 4.93. The molecule has 1 aromatic carbocycles. The summed E-state index contributed by atoms with van der Waals surface area (Å²) in [5.41, 5.74) is 0. The van der Waals surface area contributed by atoms with Crippen molar-refractivity contribution in [2.24, 2.45) is 5.92 Å². The van der Waals surface area contributed by atoms with E-state index in [1.54, 1.807) is 34.9 Å². The second-order valence-electron chi connectivity index (χ2n) is 6.09. The van der Waals surface area contributed by atoms with Crippen LogP contribution in [0.3, 0.4) is 0 Å². The van der Waals surface area contributed by atoms with Crippen LogP contribution in [0, 0.1) is 5.92 Å². The van der Waals surface area contributed by atoms with E-state index < -0.39 is 10.0 Å². The fourth-order valence-electron chi connectivity index (χ4n) is 3.24. The third-order valence-corrected chi connectivity index (χ3v) is 6.59. The molecule has 0 amide bonds. The van der Waals surface area contributed by atoms with Gasteiger partial charge in [0.1, 0.15) is 0 Å². The number of sulfonamides is 1. The van der Waals surface area contributed by atoms with Crippen molar-refractivity contribution < 1.29 is 8.42 Å². The van der Waals surface area contributed by atoms with Gasteiger partial charge in [0.05, 0.1) is 4.90 Å². The number of piperidine rings is 1. The van der Waals surface area contributed by atoms with Gasteiger partial charge in [0.15, 0.2) is 0 Å². The average molecular weight is 370 g/mol. The molecular weight excluding hydrogens is 346 g/mol. The van der Waals surface area contributed by atoms with Crippen molar-refractivity contribution in [3.8, 4) is 0 Å². The number of nitrogens with one attached hydrogen (secondary N) is 1. The topological polar surface area (TPSA) is 62.3 Å². The van der Waals surface area contributed by atoms with Crippen molar-refractivity contribution in [1.29, 1.82) is 0 Å². The summed E-state index contributed by atoms with van der Waals surface area (Å²) in [5.74, 6) is 0.616. The molecule has 0 atom stereocenters. The van der Waals surface area contributed by atoms with E-state index >= 15 is 0 Å². The molecule has 1 saturated heterocycles. The van der Waals surface area contributed by atoms with Gasteiger partial charge < -0.3 is 5.32 Å². The third kappa shape index (κ3) is 3.88. The molecule has 1 aliphatic heterocycles. The highest BCUT2D eigenvalue weighted by Crippen LogP contribution is 2.29. The number of hydrogen-bond acceptors (Lipinski definition) is 4. The number of nitrogens with zero attached hydrogens (tertiary/aromatic N) is 2. The molecule has 1 fully saturated rings. The van der Waals surface area contributed by atoms with E-state index in [0.29, 0.717) is 23.9 Å². The lowest BCUT2D eigenvalue weighted by molar-refractivity contribution is 0.263. The molecule has 1 aliphatic rings. The first-order valence-electron chi connectivity index (χ1n) is 8.10. The largest absolute Gasteiger partial charge is 0.320 e. The number of aromatic nitrogens is 1. The zero-order chi connectivity index (χ0) is 16.3. The maximum Gasteiger partial charge on any atom is 0.243 e. The van der Waals surface area contributed by atoms with Crippen LogP contribution >= 0.6 is 12.4 Å². The molecule has 0 bridgehead atoms. The number of pyridine rings is 1. The minimum atomic E-state index is -3.44. The SMILES string of the molecule is CNCCC1CCN(S(=O)(=O)c2cccc3cnccc23)CC1.Cl. The first-order valence-corrected chi connectivity index (χ1v) is 9.54. The summed E-state index contributed by atoms with van der Waals surface area (Å²) in [6.07, 6.45) is 6.34. The maximum atomic E-state index is 13.0. The maximum absolute atomic E-state index is 13.0. The Hall–Kier alpha value is -1.21. The van der Waals surface area contributed by atoms with E-state index in [1.807, 2.05) is 13.1 Å². The Morgan fingerprint density at radius 3 is 2.71 bits per heavy atom. The molecule has 0 spiro atoms. The van der Waals surface area contributed by atoms with Gasteiger partial charge in [-0.1, -0.05) is 12.1 Å². The summed E-state index contributed by atoms with van der Waals surface area (Å²) in [4.78, 5) is 4.47. The highest BCUT2D eigenvalue weighted by atomic mass is 35.5. The quantitative estimate of drug-likeness (QED) is 0.880. The van der Waals surface area contributed by atoms with Crippen molar-refractivity contribution in [2.45, 2.75) is 24.2 Å². The van der Waals surface area contributed by atoms with Crippen LogP contribution in [0.5, 0.6) is 0 Å². The second-order valence-corrected chi connectivity index (χ2v) is 8.00. The summed E-state index contributed by atoms with van der Waals surface area (Å²) in [5, 5.41) is 4.77. The molecule has 2 heterocycles. The Bertz CT molecular complexity index is 769. The molecule has 1 N–H and O–H groups in total. The molecule has 132 valence electrons. The van der Waals surface area contributed by atoms with Crippen LogP contribution in [-0.2, 0) is 10.0 Å². The van der Waals surface area contributed by atoms with E-state index in [4.69, 9.17) is 0 Å². The lowest BCUT2D eigenvalue weighted by Crippen LogP contribution is -2.39. The lowest BCUT2D eigenvalue weighted by Gasteiger charge is -2.31. The van der Waals surface area contributed by atoms with E-state index in [2.05, 4.69) is 10.3 Å². The Morgan fingerprint density at radius 2 is 2.00 bits per heavy atom. The molecule has 0 aliphatic carbocycles. The van der Waals surface area contributed by atoms with Gasteiger partial charge in [-0.15, -0.1) is 12.4 Å². The molecule has 5 nitrogen and oxygen atoms in total. The zero-order valence-electron chi connectivity index (χ0n) is 13.8. The average Bonchev–Trinajstić information content (AvgIpc) is 2.59. The van der Waals surface area contributed by atoms with Crippen LogP contribution < -0.4 is 5.32 Å². The van der Waals surface area contributed by atoms with E-state index in [-0.39, 0.29) is 12.4 Å². The predicted molar refractivity (Wildman–Crippen MR) is 99.0 cm³/mol. The van der Waals surface area contributed by atoms with Crippen molar-refractivity contribution >= 4 is 33.2 Å². The Kier molecular flexibility index (Phi) is 6.57. The van der Waals surface area contributed by atoms with Crippen LogP contribution in [0.4, 0.5) is 0 Å². The molecule has 7 heteroatoms. The minimum Gasteiger partial charge on any atom is -0.320 e. The molecular formula is C17H24ClN3O2S. The summed E-state index contributed by atoms with van der Waals surface area (Å²) in [6.45, 7) is 2.21. The van der Waals surface area contributed by atoms with Gasteiger partial charge in [0.25, 0.3) is 0 Å². The summed E-state index contributed by atoms with van der Waals surface area (Å²) >= 11 is 0. The standard InChI is InChI=1S/C17H23N3O2S.ClH/c1-18-9-5-14-7-11-20(12-8-14)23(21,22)17-4-2-3-15-13-19-10-6-16(15)17;/h2-4,6,10,13-14,18H,5,7-9,11-12H2,1H3;1H. The van der Waals surface area contributed by atoms with Gasteiger partial charge in [0.2, 0.25) is 10.0 Å². The Labute approximate surface area is 149 Å². The summed E-state index contributed by atoms with van der Waals surface area (Å²) in [6, 6.07) is 7.16. The second kappa shape index (κ2) is 8.25. The van der Waals surface area contributed by atoms with Gasteiger partial charge in [0, 0.05) is 36.3 Å². The monoisotopic (exact) mass is 369 g/mol. The van der Waals surface area contributed by atoms with Gasteiger partial charge in [-0.25, -0.2) is 8.42 Å². The van der Waals surface area contributed by atoms with E-state index in [1.165, 1.54) is 0 Å². The number of rotatable bonds is 5. The number of benzene rings is 1. The molecule has 0 unspecified atom stereocenters. The van der Waals surface area contributed by atoms with Crippen molar-refractivity contribution in [3.05, 3.63) is 36.7 Å². The first-order chi connectivity index (χ1) is 11.1. The smallest absolute Gasteiger partial charge is 0.243 e. The molecule has 24 heavy (non-hydrogen) atoms. The molecule has 2 aromatic rings. The van der Waals surface area contributed by atoms with Crippen LogP contribution in [0.2, 0.25) is 0 Å². The van der Waals surface area contributed by atoms with Gasteiger partial charge in [-0.2, -0.15) is 4.31 Å². The van der Waals surface area contributed by atoms with Crippen LogP contribution in [-0.4, -0.2) is 44.4 Å². The molecule has 3 rings (SSSR count). The fraction of sp³-hybridized carbons (Fsp3) is 0.471. The van der Waals surface area contributed by atoms with E-state index in [9.17, 15) is 8.42 Å². The number of hydrogen-bond donors (Lipinski definition) is 1. The summed E-state index contributed by atoms with van der Waals surface area (Å²) in [7, 11) is -1.49. The normalized spacial score (nSPS) is 16.9. The molecule has 0 radical (unpaired) electrons. The summed E-state index contributed by atoms with van der Waals surface area (Å²) < 4.78 is 27.7. The lowest BCUT2D eigenvalue weighted by atomic mass is 9.95. The molecule has 0 saturated carbocycles. The van der Waals surface area contributed by atoms with Crippen molar-refractivity contribution in [2.75, 3.05) is 26.7 Å². The predicted octanol–water partition coefficient (Wildman–Crippen LogP) is 2.67. The van der Waals surface area contributed by atoms with Crippen LogP contribution in [0.15, 0.2) is 41.6 Å². The van der Waals surface area contributed by atoms with Crippen molar-refractivity contribution in [1.82, 2.24) is 14.6 Å². The van der Waals surface area contributed by atoms with Crippen molar-refractivity contribution in [3.63, 3.8) is 0 Å². The number of halogens is 1. The highest BCUT2D eigenvalue weighted by Gasteiger charge is 2.30. The minimum absolute atomic E-state index is 0. The Morgan fingerprint density at radius 1 is 1.25 bits per heavy atom. The van der Waals surface area contributed by atoms with Crippen LogP contribution in [0.25, 0.3) is 10.8 Å². The van der Waals surface area contributed by atoms with E-state index in [0.717, 1.165) is 36.6 Å². The molecule has 1 aromatic heterocycles. The van der Waals surface area contributed by atoms with Gasteiger partial charge in [-0.05, 0) is 50.9 Å². The third-order valence-electron chi connectivity index (χ3n) is 4.63. The first kappa shape index (κ1) is 19.1. The van der Waals surface area contributed by atoms with Gasteiger partial charge >= 0.3 is 0 Å².